The van der Waals surface area contributed by atoms with Crippen LogP contribution < -0.4 is 10.2 Å². The van der Waals surface area contributed by atoms with Crippen molar-refractivity contribution in [2.24, 2.45) is 0 Å². The molecule has 1 unspecified atom stereocenters. The molecule has 1 saturated heterocycles. The molecule has 0 amide bonds. The molecule has 1 aliphatic rings. The summed E-state index contributed by atoms with van der Waals surface area (Å²) >= 11 is 1.64. The molecule has 0 bridgehead atoms. The topological polar surface area (TPSA) is 83.0 Å². The Kier molecular flexibility index (Phi) is 7.17. The van der Waals surface area contributed by atoms with Crippen molar-refractivity contribution in [2.75, 3.05) is 42.9 Å². The first-order valence-electron chi connectivity index (χ1n) is 13.4. The van der Waals surface area contributed by atoms with E-state index in [0.29, 0.717) is 0 Å². The van der Waals surface area contributed by atoms with Crippen molar-refractivity contribution in [1.29, 1.82) is 0 Å². The molecule has 4 heterocycles. The number of thiazole rings is 1. The summed E-state index contributed by atoms with van der Waals surface area (Å²) in [5.74, 6) is 2.34. The number of hydrogen-bond donors (Lipinski definition) is 1. The van der Waals surface area contributed by atoms with Crippen LogP contribution in [0.4, 0.5) is 11.8 Å². The zero-order valence-corrected chi connectivity index (χ0v) is 23.3. The van der Waals surface area contributed by atoms with Gasteiger partial charge in [0.15, 0.2) is 0 Å². The average Bonchev–Trinajstić information content (AvgIpc) is 3.45. The number of benzene rings is 2. The lowest BCUT2D eigenvalue weighted by Gasteiger charge is -2.33. The van der Waals surface area contributed by atoms with Gasteiger partial charge in [-0.2, -0.15) is 0 Å². The second kappa shape index (κ2) is 11.0. The number of nitrogens with one attached hydrogen (secondary N) is 1. The highest BCUT2D eigenvalue weighted by Crippen LogP contribution is 2.29. The molecule has 1 fully saturated rings. The number of piperazine rings is 1. The normalized spacial score (nSPS) is 15.0. The van der Waals surface area contributed by atoms with E-state index in [2.05, 4.69) is 75.3 Å². The highest BCUT2D eigenvalue weighted by atomic mass is 32.1. The Bertz CT molecular complexity index is 1570. The summed E-state index contributed by atoms with van der Waals surface area (Å²) in [7, 11) is 0. The number of nitrogens with zero attached hydrogens (tertiary/aromatic N) is 7. The first-order valence-corrected chi connectivity index (χ1v) is 14.3. The van der Waals surface area contributed by atoms with E-state index >= 15 is 0 Å². The maximum atomic E-state index is 4.70. The average molecular weight is 537 g/mol. The SMILES string of the molecule is CCN1CCN(c2ncc(-c3cccc(C(C)Nc4cc(-c5ccc6ncsc6c5)nc(C)n4)c3)cn2)CC1. The fourth-order valence-electron chi connectivity index (χ4n) is 4.99. The van der Waals surface area contributed by atoms with Crippen LogP contribution in [0.5, 0.6) is 0 Å². The van der Waals surface area contributed by atoms with Crippen LogP contribution in [0.15, 0.2) is 66.4 Å². The highest BCUT2D eigenvalue weighted by molar-refractivity contribution is 7.16. The molecule has 8 nitrogen and oxygen atoms in total. The number of likely N-dealkylation sites (N-methyl/N-ethyl adjacent to an activating group) is 1. The van der Waals surface area contributed by atoms with Crippen LogP contribution in [0.2, 0.25) is 0 Å². The van der Waals surface area contributed by atoms with E-state index in [9.17, 15) is 0 Å². The van der Waals surface area contributed by atoms with Gasteiger partial charge in [-0.1, -0.05) is 31.2 Å². The molecule has 0 spiro atoms. The van der Waals surface area contributed by atoms with Crippen molar-refractivity contribution >= 4 is 33.3 Å². The first-order chi connectivity index (χ1) is 19.1. The van der Waals surface area contributed by atoms with Crippen molar-refractivity contribution < 1.29 is 0 Å². The highest BCUT2D eigenvalue weighted by Gasteiger charge is 2.18. The van der Waals surface area contributed by atoms with Crippen molar-refractivity contribution in [3.8, 4) is 22.4 Å². The van der Waals surface area contributed by atoms with Crippen LogP contribution in [-0.2, 0) is 0 Å². The Morgan fingerprint density at radius 1 is 0.897 bits per heavy atom. The summed E-state index contributed by atoms with van der Waals surface area (Å²) in [5.41, 5.74) is 8.12. The molecule has 0 aliphatic carbocycles. The number of aryl methyl sites for hydroxylation is 1. The zero-order valence-electron chi connectivity index (χ0n) is 22.5. The van der Waals surface area contributed by atoms with Gasteiger partial charge in [-0.3, -0.25) is 0 Å². The van der Waals surface area contributed by atoms with Gasteiger partial charge in [-0.25, -0.2) is 24.9 Å². The summed E-state index contributed by atoms with van der Waals surface area (Å²) in [6.07, 6.45) is 3.87. The minimum atomic E-state index is 0.0473. The van der Waals surface area contributed by atoms with Gasteiger partial charge in [0.1, 0.15) is 11.6 Å². The van der Waals surface area contributed by atoms with Gasteiger partial charge >= 0.3 is 0 Å². The monoisotopic (exact) mass is 536 g/mol. The van der Waals surface area contributed by atoms with Crippen molar-refractivity contribution in [3.05, 3.63) is 77.8 Å². The summed E-state index contributed by atoms with van der Waals surface area (Å²) in [6, 6.07) is 16.8. The van der Waals surface area contributed by atoms with Crippen LogP contribution in [0.25, 0.3) is 32.6 Å². The van der Waals surface area contributed by atoms with Crippen molar-refractivity contribution in [2.45, 2.75) is 26.8 Å². The molecule has 1 aliphatic heterocycles. The molecule has 6 rings (SSSR count). The predicted octanol–water partition coefficient (Wildman–Crippen LogP) is 5.83. The Morgan fingerprint density at radius 3 is 2.51 bits per heavy atom. The fourth-order valence-corrected chi connectivity index (χ4v) is 5.71. The van der Waals surface area contributed by atoms with E-state index in [4.69, 9.17) is 15.0 Å². The molecule has 3 aromatic heterocycles. The van der Waals surface area contributed by atoms with Gasteiger partial charge in [-0.15, -0.1) is 11.3 Å². The largest absolute Gasteiger partial charge is 0.363 e. The lowest BCUT2D eigenvalue weighted by molar-refractivity contribution is 0.270. The summed E-state index contributed by atoms with van der Waals surface area (Å²) in [4.78, 5) is 27.9. The van der Waals surface area contributed by atoms with Gasteiger partial charge in [0.2, 0.25) is 5.95 Å². The number of aromatic nitrogens is 5. The zero-order chi connectivity index (χ0) is 26.8. The Hall–Kier alpha value is -3.95. The van der Waals surface area contributed by atoms with E-state index in [1.165, 1.54) is 0 Å². The Labute approximate surface area is 232 Å². The van der Waals surface area contributed by atoms with Crippen LogP contribution in [0.1, 0.15) is 31.3 Å². The summed E-state index contributed by atoms with van der Waals surface area (Å²) < 4.78 is 1.15. The number of rotatable bonds is 7. The smallest absolute Gasteiger partial charge is 0.225 e. The third-order valence-electron chi connectivity index (χ3n) is 7.29. The van der Waals surface area contributed by atoms with Crippen LogP contribution in [-0.4, -0.2) is 62.5 Å². The maximum Gasteiger partial charge on any atom is 0.225 e. The van der Waals surface area contributed by atoms with Crippen LogP contribution in [0, 0.1) is 6.92 Å². The van der Waals surface area contributed by atoms with Crippen LogP contribution >= 0.6 is 11.3 Å². The van der Waals surface area contributed by atoms with E-state index in [1.807, 2.05) is 37.0 Å². The molecule has 1 N–H and O–H groups in total. The Balaban J connectivity index is 1.17. The number of hydrogen-bond acceptors (Lipinski definition) is 9. The Morgan fingerprint density at radius 2 is 1.72 bits per heavy atom. The van der Waals surface area contributed by atoms with Gasteiger partial charge in [0, 0.05) is 61.8 Å². The molecule has 198 valence electrons. The third kappa shape index (κ3) is 5.60. The minimum absolute atomic E-state index is 0.0473. The molecule has 0 saturated carbocycles. The number of anilines is 2. The first kappa shape index (κ1) is 25.3. The molecular weight excluding hydrogens is 504 g/mol. The van der Waals surface area contributed by atoms with Gasteiger partial charge in [0.25, 0.3) is 0 Å². The second-order valence-electron chi connectivity index (χ2n) is 9.91. The van der Waals surface area contributed by atoms with E-state index in [0.717, 1.165) is 88.5 Å². The standard InChI is InChI=1S/C30H32N8S/c1-4-37-10-12-38(13-11-37)30-31-17-25(18-32-30)23-7-5-6-22(14-23)20(2)34-29-16-27(35-21(3)36-29)24-8-9-26-28(15-24)39-19-33-26/h5-9,14-20H,4,10-13H2,1-3H3,(H,34,35,36). The van der Waals surface area contributed by atoms with Gasteiger partial charge < -0.3 is 15.1 Å². The molecule has 0 radical (unpaired) electrons. The maximum absolute atomic E-state index is 4.70. The molecule has 1 atom stereocenters. The summed E-state index contributed by atoms with van der Waals surface area (Å²) in [5, 5.41) is 3.58. The molecule has 5 aromatic rings. The van der Waals surface area contributed by atoms with Gasteiger partial charge in [-0.05, 0) is 49.7 Å². The second-order valence-corrected chi connectivity index (χ2v) is 10.8. The van der Waals surface area contributed by atoms with Crippen LogP contribution in [0.3, 0.4) is 0 Å². The van der Waals surface area contributed by atoms with E-state index in [-0.39, 0.29) is 6.04 Å². The molecule has 9 heteroatoms. The minimum Gasteiger partial charge on any atom is -0.363 e. The fraction of sp³-hybridized carbons (Fsp3) is 0.300. The summed E-state index contributed by atoms with van der Waals surface area (Å²) in [6.45, 7) is 11.4. The van der Waals surface area contributed by atoms with Crippen molar-refractivity contribution in [1.82, 2.24) is 29.8 Å². The molecule has 39 heavy (non-hydrogen) atoms. The predicted molar refractivity (Wildman–Crippen MR) is 159 cm³/mol. The third-order valence-corrected chi connectivity index (χ3v) is 8.08. The lowest BCUT2D eigenvalue weighted by Crippen LogP contribution is -2.46. The lowest BCUT2D eigenvalue weighted by atomic mass is 10.0. The van der Waals surface area contributed by atoms with E-state index in [1.54, 1.807) is 11.3 Å². The molecule has 2 aromatic carbocycles. The number of fused-ring (bicyclic) bond motifs is 1. The molecular formula is C30H32N8S. The quantitative estimate of drug-likeness (QED) is 0.278. The van der Waals surface area contributed by atoms with Gasteiger partial charge in [0.05, 0.1) is 21.4 Å². The van der Waals surface area contributed by atoms with E-state index < -0.39 is 0 Å². The van der Waals surface area contributed by atoms with Crippen molar-refractivity contribution in [3.63, 3.8) is 0 Å².